The Morgan fingerprint density at radius 1 is 0.625 bits per heavy atom. The van der Waals surface area contributed by atoms with Crippen LogP contribution >= 0.6 is 0 Å². The highest BCUT2D eigenvalue weighted by atomic mass is 16.6. The molecule has 2 N–H and O–H groups in total. The van der Waals surface area contributed by atoms with Gasteiger partial charge < -0.3 is 38.6 Å². The van der Waals surface area contributed by atoms with Gasteiger partial charge in [0.1, 0.15) is 36.2 Å². The maximum atomic E-state index is 11.5. The van der Waals surface area contributed by atoms with Crippen LogP contribution in [0.25, 0.3) is 0 Å². The molecule has 0 aliphatic rings. The Balaban J connectivity index is 1.57. The average Bonchev–Trinajstić information content (AvgIpc) is 2.78. The van der Waals surface area contributed by atoms with Crippen molar-refractivity contribution in [1.29, 1.82) is 0 Å². The Morgan fingerprint density at radius 2 is 1.00 bits per heavy atom. The molecule has 0 saturated carbocycles. The van der Waals surface area contributed by atoms with Crippen molar-refractivity contribution in [2.45, 2.75) is 0 Å². The Hall–Kier alpha value is -3.50. The first-order chi connectivity index (χ1) is 15.4. The summed E-state index contributed by atoms with van der Waals surface area (Å²) in [7, 11) is 2.50. The number of aromatic hydroxyl groups is 2. The molecular formula is C22H26O10. The summed E-state index contributed by atoms with van der Waals surface area (Å²) in [4.78, 5) is 23.1. The molecular weight excluding hydrogens is 424 g/mol. The second-order valence-corrected chi connectivity index (χ2v) is 6.34. The minimum atomic E-state index is -0.573. The summed E-state index contributed by atoms with van der Waals surface area (Å²) in [5, 5.41) is 19.3. The predicted molar refractivity (Wildman–Crippen MR) is 112 cm³/mol. The summed E-state index contributed by atoms with van der Waals surface area (Å²) in [5.74, 6) is -0.708. The number of phenolic OH excluding ortho intramolecular Hbond substituents is 2. The molecule has 0 aliphatic carbocycles. The molecule has 0 spiro atoms. The summed E-state index contributed by atoms with van der Waals surface area (Å²) >= 11 is 0. The number of carbonyl (C=O) groups excluding carboxylic acids is 2. The molecule has 174 valence electrons. The molecule has 10 heteroatoms. The third kappa shape index (κ3) is 8.32. The van der Waals surface area contributed by atoms with Gasteiger partial charge in [-0.05, 0) is 24.3 Å². The van der Waals surface area contributed by atoms with Crippen LogP contribution in [0.3, 0.4) is 0 Å². The van der Waals surface area contributed by atoms with Crippen LogP contribution in [0.1, 0.15) is 20.7 Å². The monoisotopic (exact) mass is 450 g/mol. The van der Waals surface area contributed by atoms with Gasteiger partial charge in [0.05, 0.1) is 51.8 Å². The average molecular weight is 450 g/mol. The third-order valence-corrected chi connectivity index (χ3v) is 3.99. The first kappa shape index (κ1) is 24.8. The minimum Gasteiger partial charge on any atom is -0.508 e. The molecule has 2 aromatic carbocycles. The van der Waals surface area contributed by atoms with E-state index < -0.39 is 11.9 Å². The minimum absolute atomic E-state index is 0.105. The zero-order valence-corrected chi connectivity index (χ0v) is 17.9. The number of benzene rings is 2. The first-order valence-corrected chi connectivity index (χ1v) is 9.68. The van der Waals surface area contributed by atoms with Crippen molar-refractivity contribution in [3.05, 3.63) is 47.5 Å². The first-order valence-electron chi connectivity index (χ1n) is 9.68. The van der Waals surface area contributed by atoms with Crippen molar-refractivity contribution in [3.63, 3.8) is 0 Å². The van der Waals surface area contributed by atoms with E-state index in [1.807, 2.05) is 0 Å². The second-order valence-electron chi connectivity index (χ2n) is 6.34. The molecule has 0 aromatic heterocycles. The van der Waals surface area contributed by atoms with Crippen molar-refractivity contribution in [2.24, 2.45) is 0 Å². The fraction of sp³-hybridized carbons (Fsp3) is 0.364. The smallest absolute Gasteiger partial charge is 0.338 e. The van der Waals surface area contributed by atoms with Crippen LogP contribution in [0.2, 0.25) is 0 Å². The third-order valence-electron chi connectivity index (χ3n) is 3.99. The Kier molecular flexibility index (Phi) is 10.1. The van der Waals surface area contributed by atoms with E-state index in [4.69, 9.17) is 18.9 Å². The topological polar surface area (TPSA) is 130 Å². The van der Waals surface area contributed by atoms with Gasteiger partial charge in [-0.1, -0.05) is 0 Å². The van der Waals surface area contributed by atoms with Crippen LogP contribution in [0, 0.1) is 0 Å². The molecule has 10 nitrogen and oxygen atoms in total. The van der Waals surface area contributed by atoms with Gasteiger partial charge in [-0.3, -0.25) is 0 Å². The molecule has 2 rings (SSSR count). The van der Waals surface area contributed by atoms with Crippen LogP contribution in [-0.2, 0) is 18.9 Å². The van der Waals surface area contributed by atoms with Crippen LogP contribution in [0.5, 0.6) is 23.0 Å². The highest BCUT2D eigenvalue weighted by molar-refractivity contribution is 5.90. The highest BCUT2D eigenvalue weighted by Gasteiger charge is 2.10. The number of esters is 2. The molecule has 0 aliphatic heterocycles. The molecule has 0 radical (unpaired) electrons. The lowest BCUT2D eigenvalue weighted by molar-refractivity contribution is 0.0273. The normalized spacial score (nSPS) is 10.4. The van der Waals surface area contributed by atoms with Crippen molar-refractivity contribution in [3.8, 4) is 23.0 Å². The number of hydrogen-bond donors (Lipinski definition) is 2. The maximum Gasteiger partial charge on any atom is 0.338 e. The number of hydrogen-bond acceptors (Lipinski definition) is 10. The summed E-state index contributed by atoms with van der Waals surface area (Å²) < 4.78 is 30.9. The number of carbonyl (C=O) groups is 2. The molecule has 0 saturated heterocycles. The molecule has 0 heterocycles. The molecule has 32 heavy (non-hydrogen) atoms. The molecule has 0 bridgehead atoms. The maximum absolute atomic E-state index is 11.5. The van der Waals surface area contributed by atoms with E-state index >= 15 is 0 Å². The Morgan fingerprint density at radius 3 is 1.38 bits per heavy atom. The van der Waals surface area contributed by atoms with Crippen LogP contribution in [-0.4, -0.2) is 76.0 Å². The number of phenols is 2. The molecule has 0 amide bonds. The van der Waals surface area contributed by atoms with E-state index in [1.54, 1.807) is 0 Å². The Labute approximate surface area is 185 Å². The SMILES string of the molecule is COC(=O)c1cc(O)cc(OCCOCCOCCOc2cc(O)cc(C(=O)OC)c2)c1. The lowest BCUT2D eigenvalue weighted by atomic mass is 10.2. The van der Waals surface area contributed by atoms with E-state index in [0.29, 0.717) is 24.7 Å². The van der Waals surface area contributed by atoms with E-state index in [0.717, 1.165) is 0 Å². The highest BCUT2D eigenvalue weighted by Crippen LogP contribution is 2.23. The van der Waals surface area contributed by atoms with Crippen molar-refractivity contribution >= 4 is 11.9 Å². The summed E-state index contributed by atoms with van der Waals surface area (Å²) in [6, 6.07) is 8.28. The van der Waals surface area contributed by atoms with Gasteiger partial charge in [-0.25, -0.2) is 9.59 Å². The standard InChI is InChI=1S/C22H26O10/c1-27-21(25)15-9-17(23)13-19(11-15)31-7-5-29-3-4-30-6-8-32-20-12-16(22(26)28-2)10-18(24)14-20/h9-14,23-24H,3-8H2,1-2H3. The van der Waals surface area contributed by atoms with Gasteiger partial charge in [0.25, 0.3) is 0 Å². The zero-order chi connectivity index (χ0) is 23.3. The van der Waals surface area contributed by atoms with E-state index in [-0.39, 0.29) is 49.1 Å². The van der Waals surface area contributed by atoms with Crippen molar-refractivity contribution in [1.82, 2.24) is 0 Å². The van der Waals surface area contributed by atoms with Gasteiger partial charge in [0, 0.05) is 12.1 Å². The predicted octanol–water partition coefficient (Wildman–Crippen LogP) is 2.16. The molecule has 2 aromatic rings. The Bertz CT molecular complexity index is 823. The van der Waals surface area contributed by atoms with Crippen LogP contribution in [0.15, 0.2) is 36.4 Å². The lowest BCUT2D eigenvalue weighted by Gasteiger charge is -2.10. The number of rotatable bonds is 13. The van der Waals surface area contributed by atoms with Crippen molar-refractivity contribution in [2.75, 3.05) is 53.9 Å². The lowest BCUT2D eigenvalue weighted by Crippen LogP contribution is -2.13. The number of ether oxygens (including phenoxy) is 6. The second kappa shape index (κ2) is 13.0. The largest absolute Gasteiger partial charge is 0.508 e. The fourth-order valence-electron chi connectivity index (χ4n) is 2.56. The van der Waals surface area contributed by atoms with Crippen LogP contribution in [0.4, 0.5) is 0 Å². The zero-order valence-electron chi connectivity index (χ0n) is 17.9. The summed E-state index contributed by atoms with van der Waals surface area (Å²) in [6.45, 7) is 1.65. The van der Waals surface area contributed by atoms with Gasteiger partial charge in [-0.2, -0.15) is 0 Å². The van der Waals surface area contributed by atoms with E-state index in [1.165, 1.54) is 50.6 Å². The summed E-state index contributed by atoms with van der Waals surface area (Å²) in [5.41, 5.74) is 0.373. The van der Waals surface area contributed by atoms with Gasteiger partial charge in [0.2, 0.25) is 0 Å². The van der Waals surface area contributed by atoms with Gasteiger partial charge >= 0.3 is 11.9 Å². The van der Waals surface area contributed by atoms with Crippen molar-refractivity contribution < 1.29 is 48.2 Å². The molecule has 0 unspecified atom stereocenters. The molecule has 0 atom stereocenters. The molecule has 0 fully saturated rings. The van der Waals surface area contributed by atoms with Gasteiger partial charge in [-0.15, -0.1) is 0 Å². The van der Waals surface area contributed by atoms with E-state index in [2.05, 4.69) is 9.47 Å². The summed E-state index contributed by atoms with van der Waals surface area (Å²) in [6.07, 6.45) is 0. The number of methoxy groups -OCH3 is 2. The van der Waals surface area contributed by atoms with E-state index in [9.17, 15) is 19.8 Å². The van der Waals surface area contributed by atoms with Crippen LogP contribution < -0.4 is 9.47 Å². The quantitative estimate of drug-likeness (QED) is 0.346. The fourth-order valence-corrected chi connectivity index (χ4v) is 2.56. The van der Waals surface area contributed by atoms with Gasteiger partial charge in [0.15, 0.2) is 0 Å².